The molecule has 3 aromatic rings. The number of nitrogens with zero attached hydrogens (tertiary/aromatic N) is 1. The molecule has 3 rings (SSSR count). The average Bonchev–Trinajstić information content (AvgIpc) is 2.72. The van der Waals surface area contributed by atoms with Crippen LogP contribution in [-0.4, -0.2) is 21.5 Å². The Labute approximate surface area is 169 Å². The van der Waals surface area contributed by atoms with E-state index in [2.05, 4.69) is 4.74 Å². The first kappa shape index (κ1) is 19.9. The van der Waals surface area contributed by atoms with Gasteiger partial charge in [-0.3, -0.25) is 4.31 Å². The van der Waals surface area contributed by atoms with Gasteiger partial charge in [0.25, 0.3) is 10.0 Å². The van der Waals surface area contributed by atoms with E-state index in [0.717, 1.165) is 5.56 Å². The molecular weight excluding hydrogens is 398 g/mol. The second kappa shape index (κ2) is 8.46. The minimum absolute atomic E-state index is 0.0445. The van der Waals surface area contributed by atoms with Gasteiger partial charge in [-0.1, -0.05) is 60.1 Å². The number of hydrogen-bond donors (Lipinski definition) is 0. The van der Waals surface area contributed by atoms with E-state index in [1.54, 1.807) is 24.3 Å². The maximum absolute atomic E-state index is 13.4. The Morgan fingerprint density at radius 1 is 0.964 bits per heavy atom. The van der Waals surface area contributed by atoms with Gasteiger partial charge in [-0.2, -0.15) is 0 Å². The van der Waals surface area contributed by atoms with Crippen LogP contribution >= 0.6 is 11.6 Å². The van der Waals surface area contributed by atoms with Crippen LogP contribution in [0.3, 0.4) is 0 Å². The SMILES string of the molecule is COC(=O)c1ccc(S(=O)(=O)N(Cc2ccccc2)c2ccccc2)c(Cl)c1. The van der Waals surface area contributed by atoms with Gasteiger partial charge in [0.05, 0.1) is 29.9 Å². The van der Waals surface area contributed by atoms with Crippen LogP contribution < -0.4 is 4.31 Å². The number of rotatable bonds is 6. The van der Waals surface area contributed by atoms with Gasteiger partial charge in [0.15, 0.2) is 0 Å². The molecule has 0 aliphatic rings. The lowest BCUT2D eigenvalue weighted by molar-refractivity contribution is 0.0600. The van der Waals surface area contributed by atoms with Gasteiger partial charge in [-0.15, -0.1) is 0 Å². The predicted molar refractivity (Wildman–Crippen MR) is 109 cm³/mol. The summed E-state index contributed by atoms with van der Waals surface area (Å²) in [6.45, 7) is 0.141. The van der Waals surface area contributed by atoms with Gasteiger partial charge in [-0.25, -0.2) is 13.2 Å². The number of hydrogen-bond acceptors (Lipinski definition) is 4. The quantitative estimate of drug-likeness (QED) is 0.555. The molecule has 144 valence electrons. The normalized spacial score (nSPS) is 11.1. The van der Waals surface area contributed by atoms with E-state index in [0.29, 0.717) is 5.69 Å². The standard InChI is InChI=1S/C21H18ClNO4S/c1-27-21(24)17-12-13-20(19(22)14-17)28(25,26)23(18-10-6-3-7-11-18)15-16-8-4-2-5-9-16/h2-14H,15H2,1H3. The minimum atomic E-state index is -3.98. The van der Waals surface area contributed by atoms with Crippen LogP contribution in [-0.2, 0) is 21.3 Å². The number of carbonyl (C=O) groups excluding carboxylic acids is 1. The van der Waals surface area contributed by atoms with Crippen molar-refractivity contribution in [1.82, 2.24) is 0 Å². The van der Waals surface area contributed by atoms with Gasteiger partial charge in [-0.05, 0) is 35.9 Å². The molecule has 0 radical (unpaired) electrons. The van der Waals surface area contributed by atoms with Crippen molar-refractivity contribution < 1.29 is 17.9 Å². The molecule has 5 nitrogen and oxygen atoms in total. The first-order chi connectivity index (χ1) is 13.4. The highest BCUT2D eigenvalue weighted by atomic mass is 35.5. The Morgan fingerprint density at radius 3 is 2.14 bits per heavy atom. The van der Waals surface area contributed by atoms with Crippen molar-refractivity contribution in [2.24, 2.45) is 0 Å². The average molecular weight is 416 g/mol. The van der Waals surface area contributed by atoms with Crippen LogP contribution in [0.15, 0.2) is 83.8 Å². The van der Waals surface area contributed by atoms with Crippen LogP contribution in [0.2, 0.25) is 5.02 Å². The molecule has 0 fully saturated rings. The number of para-hydroxylation sites is 1. The van der Waals surface area contributed by atoms with Crippen LogP contribution in [0.5, 0.6) is 0 Å². The molecule has 0 aliphatic heterocycles. The Kier molecular flexibility index (Phi) is 6.02. The molecule has 0 aliphatic carbocycles. The van der Waals surface area contributed by atoms with Crippen LogP contribution in [0, 0.1) is 0 Å². The number of carbonyl (C=O) groups is 1. The van der Waals surface area contributed by atoms with Crippen molar-refractivity contribution in [1.29, 1.82) is 0 Å². The topological polar surface area (TPSA) is 63.7 Å². The molecule has 0 N–H and O–H groups in total. The Morgan fingerprint density at radius 2 is 1.57 bits per heavy atom. The zero-order valence-electron chi connectivity index (χ0n) is 15.1. The van der Waals surface area contributed by atoms with Crippen LogP contribution in [0.1, 0.15) is 15.9 Å². The zero-order chi connectivity index (χ0) is 20.1. The molecule has 0 bridgehead atoms. The van der Waals surface area contributed by atoms with Gasteiger partial charge in [0, 0.05) is 0 Å². The highest BCUT2D eigenvalue weighted by Gasteiger charge is 2.28. The molecule has 0 heterocycles. The zero-order valence-corrected chi connectivity index (χ0v) is 16.7. The molecule has 0 aromatic heterocycles. The first-order valence-corrected chi connectivity index (χ1v) is 10.2. The van der Waals surface area contributed by atoms with Crippen molar-refractivity contribution in [3.05, 3.63) is 95.0 Å². The van der Waals surface area contributed by atoms with E-state index in [4.69, 9.17) is 11.6 Å². The number of esters is 1. The van der Waals surface area contributed by atoms with E-state index in [-0.39, 0.29) is 22.0 Å². The third kappa shape index (κ3) is 4.18. The first-order valence-electron chi connectivity index (χ1n) is 8.43. The maximum Gasteiger partial charge on any atom is 0.337 e. The number of ether oxygens (including phenoxy) is 1. The highest BCUT2D eigenvalue weighted by molar-refractivity contribution is 7.93. The predicted octanol–water partition coefficient (Wildman–Crippen LogP) is 4.52. The smallest absolute Gasteiger partial charge is 0.337 e. The summed E-state index contributed by atoms with van der Waals surface area (Å²) in [5, 5.41) is -0.0445. The number of halogens is 1. The molecule has 0 saturated carbocycles. The molecule has 0 saturated heterocycles. The largest absolute Gasteiger partial charge is 0.465 e. The number of sulfonamides is 1. The second-order valence-corrected chi connectivity index (χ2v) is 8.21. The van der Waals surface area contributed by atoms with Crippen molar-refractivity contribution in [2.75, 3.05) is 11.4 Å². The van der Waals surface area contributed by atoms with Gasteiger partial charge in [0.2, 0.25) is 0 Å². The van der Waals surface area contributed by atoms with Crippen LogP contribution in [0.25, 0.3) is 0 Å². The fraction of sp³-hybridized carbons (Fsp3) is 0.0952. The molecular formula is C21H18ClNO4S. The number of anilines is 1. The maximum atomic E-state index is 13.4. The summed E-state index contributed by atoms with van der Waals surface area (Å²) in [7, 11) is -2.73. The van der Waals surface area contributed by atoms with Crippen LogP contribution in [0.4, 0.5) is 5.69 Å². The Hall–Kier alpha value is -2.83. The number of benzene rings is 3. The molecule has 28 heavy (non-hydrogen) atoms. The van der Waals surface area contributed by atoms with E-state index >= 15 is 0 Å². The van der Waals surface area contributed by atoms with E-state index < -0.39 is 16.0 Å². The summed E-state index contributed by atoms with van der Waals surface area (Å²) in [4.78, 5) is 11.6. The molecule has 0 unspecified atom stereocenters. The lowest BCUT2D eigenvalue weighted by Crippen LogP contribution is -2.30. The Balaban J connectivity index is 2.07. The summed E-state index contributed by atoms with van der Waals surface area (Å²) in [6, 6.07) is 22.1. The third-order valence-electron chi connectivity index (χ3n) is 4.13. The summed E-state index contributed by atoms with van der Waals surface area (Å²) in [6.07, 6.45) is 0. The highest BCUT2D eigenvalue weighted by Crippen LogP contribution is 2.30. The van der Waals surface area contributed by atoms with E-state index in [9.17, 15) is 13.2 Å². The second-order valence-electron chi connectivity index (χ2n) is 5.97. The minimum Gasteiger partial charge on any atom is -0.465 e. The molecule has 0 spiro atoms. The summed E-state index contributed by atoms with van der Waals surface area (Å²) >= 11 is 6.24. The van der Waals surface area contributed by atoms with Crippen molar-refractivity contribution in [3.8, 4) is 0 Å². The monoisotopic (exact) mass is 415 g/mol. The molecule has 7 heteroatoms. The van der Waals surface area contributed by atoms with Gasteiger partial charge >= 0.3 is 5.97 Å². The van der Waals surface area contributed by atoms with Crippen molar-refractivity contribution >= 4 is 33.3 Å². The fourth-order valence-corrected chi connectivity index (χ4v) is 4.71. The number of methoxy groups -OCH3 is 1. The summed E-state index contributed by atoms with van der Waals surface area (Å²) < 4.78 is 32.8. The lowest BCUT2D eigenvalue weighted by Gasteiger charge is -2.25. The van der Waals surface area contributed by atoms with Gasteiger partial charge < -0.3 is 4.74 Å². The molecule has 0 amide bonds. The van der Waals surface area contributed by atoms with E-state index in [1.165, 1.54) is 29.6 Å². The molecule has 3 aromatic carbocycles. The van der Waals surface area contributed by atoms with Gasteiger partial charge in [0.1, 0.15) is 4.90 Å². The molecule has 0 atom stereocenters. The lowest BCUT2D eigenvalue weighted by atomic mass is 10.2. The summed E-state index contributed by atoms with van der Waals surface area (Å²) in [5.74, 6) is -0.588. The fourth-order valence-electron chi connectivity index (χ4n) is 2.73. The van der Waals surface area contributed by atoms with Crippen molar-refractivity contribution in [2.45, 2.75) is 11.4 Å². The summed E-state index contributed by atoms with van der Waals surface area (Å²) in [5.41, 5.74) is 1.53. The Bertz CT molecular complexity index is 1070. The van der Waals surface area contributed by atoms with Crippen molar-refractivity contribution in [3.63, 3.8) is 0 Å². The van der Waals surface area contributed by atoms with E-state index in [1.807, 2.05) is 36.4 Å². The third-order valence-corrected chi connectivity index (χ3v) is 6.39.